The van der Waals surface area contributed by atoms with Gasteiger partial charge in [0.15, 0.2) is 0 Å². The fourth-order valence-corrected chi connectivity index (χ4v) is 2.93. The molecule has 1 aromatic heterocycles. The molecule has 2 aromatic rings. The van der Waals surface area contributed by atoms with Crippen LogP contribution in [-0.2, 0) is 9.59 Å². The Morgan fingerprint density at radius 3 is 1.82 bits per heavy atom. The van der Waals surface area contributed by atoms with Gasteiger partial charge < -0.3 is 45.1 Å². The number of rotatable bonds is 10. The minimum absolute atomic E-state index is 0. The molecule has 0 amide bonds. The standard InChI is InChI=1S/C16H19ClN2.C6H10O8.Ca/c1-19(2)12-10-15(16-5-3-4-11-18-16)13-6-8-14(17)9-7-13;7-1(3(9)5(11)12)2(8)4(10)6(13)14;/h3-9,11,15H,10,12H2,1-2H3;1-4,7-10H,(H,11,12)(H,13,14);/q;;+2/p-2/t;1-,2-,3-,4+;/m.0./s1. The number of carboxylic acids is 2. The maximum absolute atomic E-state index is 9.96. The number of carbonyl (C=O) groups is 2. The van der Waals surface area contributed by atoms with Crippen molar-refractivity contribution in [3.8, 4) is 0 Å². The second-order valence-electron chi connectivity index (χ2n) is 7.46. The zero-order valence-corrected chi connectivity index (χ0v) is 21.8. The predicted octanol–water partition coefficient (Wildman–Crippen LogP) is -2.63. The smallest absolute Gasteiger partial charge is 0.547 e. The van der Waals surface area contributed by atoms with Crippen molar-refractivity contribution in [3.05, 3.63) is 64.9 Å². The number of benzene rings is 1. The summed E-state index contributed by atoms with van der Waals surface area (Å²) in [6.07, 6.45) is -6.86. The van der Waals surface area contributed by atoms with E-state index in [0.29, 0.717) is 5.92 Å². The number of pyridine rings is 1. The molecule has 12 heteroatoms. The number of aliphatic hydroxyl groups is 4. The third kappa shape index (κ3) is 10.9. The molecular formula is C22H27CaClN2O8. The number of hydrogen-bond donors (Lipinski definition) is 4. The van der Waals surface area contributed by atoms with Crippen molar-refractivity contribution in [1.82, 2.24) is 9.88 Å². The van der Waals surface area contributed by atoms with Crippen LogP contribution >= 0.6 is 11.6 Å². The van der Waals surface area contributed by atoms with Crippen LogP contribution in [-0.4, -0.2) is 125 Å². The van der Waals surface area contributed by atoms with Crippen molar-refractivity contribution in [3.63, 3.8) is 0 Å². The second kappa shape index (κ2) is 16.4. The third-order valence-electron chi connectivity index (χ3n) is 4.66. The van der Waals surface area contributed by atoms with Gasteiger partial charge in [-0.1, -0.05) is 29.8 Å². The molecule has 0 fully saturated rings. The molecule has 0 radical (unpaired) electrons. The summed E-state index contributed by atoms with van der Waals surface area (Å²) >= 11 is 5.97. The Morgan fingerprint density at radius 1 is 0.941 bits per heavy atom. The van der Waals surface area contributed by atoms with Crippen molar-refractivity contribution in [1.29, 1.82) is 0 Å². The number of hydrogen-bond acceptors (Lipinski definition) is 10. The van der Waals surface area contributed by atoms with Gasteiger partial charge in [0, 0.05) is 22.8 Å². The zero-order valence-electron chi connectivity index (χ0n) is 18.8. The molecule has 1 heterocycles. The van der Waals surface area contributed by atoms with Crippen LogP contribution in [0.5, 0.6) is 0 Å². The Bertz CT molecular complexity index is 849. The van der Waals surface area contributed by atoms with Gasteiger partial charge in [-0.15, -0.1) is 0 Å². The molecule has 4 N–H and O–H groups in total. The van der Waals surface area contributed by atoms with Gasteiger partial charge in [-0.2, -0.15) is 0 Å². The van der Waals surface area contributed by atoms with Crippen molar-refractivity contribution >= 4 is 61.3 Å². The summed E-state index contributed by atoms with van der Waals surface area (Å²) in [4.78, 5) is 26.6. The van der Waals surface area contributed by atoms with Crippen LogP contribution < -0.4 is 10.2 Å². The van der Waals surface area contributed by atoms with E-state index in [4.69, 9.17) is 32.0 Å². The van der Waals surface area contributed by atoms with Crippen LogP contribution in [0.25, 0.3) is 0 Å². The first-order valence-corrected chi connectivity index (χ1v) is 10.3. The SMILES string of the molecule is CN(C)CCC(c1ccc(Cl)cc1)c1ccccn1.O=C([O-])[C@@H](O)[C@@H](O)[C@H](O)[C@@H](O)C(=O)[O-].[Ca+2]. The average Bonchev–Trinajstić information content (AvgIpc) is 2.79. The second-order valence-corrected chi connectivity index (χ2v) is 7.90. The summed E-state index contributed by atoms with van der Waals surface area (Å²) in [5, 5.41) is 55.5. The molecule has 10 nitrogen and oxygen atoms in total. The number of carbonyl (C=O) groups excluding carboxylic acids is 2. The summed E-state index contributed by atoms with van der Waals surface area (Å²) in [6.45, 7) is 1.03. The average molecular weight is 523 g/mol. The van der Waals surface area contributed by atoms with Crippen molar-refractivity contribution in [2.24, 2.45) is 0 Å². The van der Waals surface area contributed by atoms with E-state index in [1.54, 1.807) is 0 Å². The predicted molar refractivity (Wildman–Crippen MR) is 120 cm³/mol. The van der Waals surface area contributed by atoms with Crippen molar-refractivity contribution in [2.75, 3.05) is 20.6 Å². The van der Waals surface area contributed by atoms with Crippen molar-refractivity contribution < 1.29 is 40.2 Å². The van der Waals surface area contributed by atoms with Gasteiger partial charge in [0.1, 0.15) is 24.4 Å². The number of nitrogens with zero attached hydrogens (tertiary/aromatic N) is 2. The van der Waals surface area contributed by atoms with Crippen LogP contribution in [0.2, 0.25) is 5.02 Å². The largest absolute Gasteiger partial charge is 2.00 e. The molecule has 1 aromatic carbocycles. The van der Waals surface area contributed by atoms with Crippen molar-refractivity contribution in [2.45, 2.75) is 36.8 Å². The molecule has 0 spiro atoms. The van der Waals surface area contributed by atoms with E-state index in [1.807, 2.05) is 30.5 Å². The molecule has 0 aliphatic heterocycles. The summed E-state index contributed by atoms with van der Waals surface area (Å²) in [5.41, 5.74) is 2.39. The fraction of sp³-hybridized carbons (Fsp3) is 0.409. The molecule has 1 unspecified atom stereocenters. The van der Waals surface area contributed by atoms with Gasteiger partial charge >= 0.3 is 37.7 Å². The first kappa shape index (κ1) is 32.7. The Kier molecular flexibility index (Phi) is 15.7. The van der Waals surface area contributed by atoms with Crippen LogP contribution in [0.4, 0.5) is 0 Å². The van der Waals surface area contributed by atoms with E-state index >= 15 is 0 Å². The maximum atomic E-state index is 9.96. The van der Waals surface area contributed by atoms with E-state index in [-0.39, 0.29) is 37.7 Å². The normalized spacial score (nSPS) is 15.1. The molecule has 5 atom stereocenters. The third-order valence-corrected chi connectivity index (χ3v) is 4.91. The quantitative estimate of drug-likeness (QED) is 0.241. The molecule has 2 rings (SSSR count). The number of halogens is 1. The van der Waals surface area contributed by atoms with Crippen LogP contribution in [0.1, 0.15) is 23.6 Å². The van der Waals surface area contributed by atoms with Crippen LogP contribution in [0, 0.1) is 0 Å². The van der Waals surface area contributed by atoms with Gasteiger partial charge in [0.2, 0.25) is 0 Å². The first-order chi connectivity index (χ1) is 15.5. The molecule has 0 saturated carbocycles. The first-order valence-electron chi connectivity index (χ1n) is 9.90. The van der Waals surface area contributed by atoms with E-state index in [0.717, 1.165) is 23.7 Å². The fourth-order valence-electron chi connectivity index (χ4n) is 2.80. The van der Waals surface area contributed by atoms with E-state index in [9.17, 15) is 19.8 Å². The number of aliphatic carboxylic acids is 2. The molecular weight excluding hydrogens is 496 g/mol. The summed E-state index contributed by atoms with van der Waals surface area (Å²) in [5.74, 6) is -3.90. The van der Waals surface area contributed by atoms with E-state index in [2.05, 4.69) is 42.2 Å². The molecule has 0 aliphatic carbocycles. The van der Waals surface area contributed by atoms with E-state index in [1.165, 1.54) is 5.56 Å². The Morgan fingerprint density at radius 2 is 1.44 bits per heavy atom. The van der Waals surface area contributed by atoms with Gasteiger partial charge in [0.05, 0.1) is 11.9 Å². The van der Waals surface area contributed by atoms with E-state index < -0.39 is 36.4 Å². The summed E-state index contributed by atoms with van der Waals surface area (Å²) in [7, 11) is 4.19. The molecule has 0 bridgehead atoms. The maximum Gasteiger partial charge on any atom is 2.00 e. The van der Waals surface area contributed by atoms with Gasteiger partial charge in [-0.05, 0) is 56.9 Å². The molecule has 0 aliphatic rings. The van der Waals surface area contributed by atoms with Crippen LogP contribution in [0.15, 0.2) is 48.7 Å². The topological polar surface area (TPSA) is 177 Å². The minimum atomic E-state index is -2.50. The molecule has 0 saturated heterocycles. The van der Waals surface area contributed by atoms with Gasteiger partial charge in [-0.25, -0.2) is 0 Å². The number of aromatic nitrogens is 1. The zero-order chi connectivity index (χ0) is 25.1. The Balaban J connectivity index is 0.000000654. The van der Waals surface area contributed by atoms with Crippen LogP contribution in [0.3, 0.4) is 0 Å². The minimum Gasteiger partial charge on any atom is -0.547 e. The number of aliphatic hydroxyl groups excluding tert-OH is 4. The molecule has 182 valence electrons. The Labute approximate surface area is 232 Å². The summed E-state index contributed by atoms with van der Waals surface area (Å²) in [6, 6.07) is 14.2. The molecule has 34 heavy (non-hydrogen) atoms. The van der Waals surface area contributed by atoms with Gasteiger partial charge in [-0.3, -0.25) is 4.98 Å². The monoisotopic (exact) mass is 522 g/mol. The Hall–Kier alpha value is -1.34. The number of carboxylic acid groups (broad SMARTS) is 2. The van der Waals surface area contributed by atoms with Gasteiger partial charge in [0.25, 0.3) is 0 Å². The summed E-state index contributed by atoms with van der Waals surface area (Å²) < 4.78 is 0.